The topological polar surface area (TPSA) is 95.9 Å². The molecule has 0 aliphatic carbocycles. The van der Waals surface area contributed by atoms with E-state index in [9.17, 15) is 19.8 Å². The van der Waals surface area contributed by atoms with Gasteiger partial charge in [-0.3, -0.25) is 9.59 Å². The molecule has 0 saturated heterocycles. The Morgan fingerprint density at radius 2 is 0.597 bits per heavy atom. The summed E-state index contributed by atoms with van der Waals surface area (Å²) in [6.45, 7) is 4.94. The number of ether oxygens (including phenoxy) is 1. The number of aliphatic hydroxyl groups excluding tert-OH is 2. The molecule has 0 aliphatic rings. The van der Waals surface area contributed by atoms with Crippen LogP contribution in [-0.2, 0) is 14.3 Å². The quantitative estimate of drug-likeness (QED) is 0.0320. The van der Waals surface area contributed by atoms with Crippen LogP contribution in [0, 0.1) is 0 Å². The molecule has 77 heavy (non-hydrogen) atoms. The molecule has 0 aliphatic heterocycles. The molecule has 1 amide bonds. The lowest BCUT2D eigenvalue weighted by molar-refractivity contribution is -0.143. The number of carbonyl (C=O) groups is 2. The van der Waals surface area contributed by atoms with E-state index in [1.807, 2.05) is 6.08 Å². The fourth-order valence-corrected chi connectivity index (χ4v) is 11.4. The normalized spacial score (nSPS) is 12.5. The lowest BCUT2D eigenvalue weighted by atomic mass is 10.0. The van der Waals surface area contributed by atoms with E-state index in [0.717, 1.165) is 38.5 Å². The number of hydrogen-bond donors (Lipinski definition) is 3. The van der Waals surface area contributed by atoms with E-state index in [1.54, 1.807) is 6.08 Å². The summed E-state index contributed by atoms with van der Waals surface area (Å²) in [6, 6.07) is -0.623. The van der Waals surface area contributed by atoms with Crippen LogP contribution in [0.5, 0.6) is 0 Å². The number of esters is 1. The summed E-state index contributed by atoms with van der Waals surface area (Å²) in [5, 5.41) is 23.1. The Bertz CT molecular complexity index is 1160. The minimum absolute atomic E-state index is 0.0252. The molecule has 0 bridgehead atoms. The average Bonchev–Trinajstić information content (AvgIpc) is 3.43. The van der Waals surface area contributed by atoms with Crippen LogP contribution in [0.15, 0.2) is 12.2 Å². The van der Waals surface area contributed by atoms with Crippen LogP contribution in [0.25, 0.3) is 0 Å². The lowest BCUT2D eigenvalue weighted by Crippen LogP contribution is -2.45. The third-order valence-electron chi connectivity index (χ3n) is 16.8. The SMILES string of the molecule is CCCCCCCCCCCC/C=C/C(O)C(CO)NC(=O)CCCCCCCCCCCCCCCCCCCCCCCCCCCCCCCCCOC(=O)CCCCCCCCCCCCCCCCCCC. The van der Waals surface area contributed by atoms with Gasteiger partial charge in [0.1, 0.15) is 0 Å². The summed E-state index contributed by atoms with van der Waals surface area (Å²) in [6.07, 6.45) is 83.1. The van der Waals surface area contributed by atoms with Gasteiger partial charge in [-0.2, -0.15) is 0 Å². The number of rotatable bonds is 67. The maximum Gasteiger partial charge on any atom is 0.305 e. The first-order chi connectivity index (χ1) is 38.0. The molecule has 0 saturated carbocycles. The second-order valence-electron chi connectivity index (χ2n) is 24.6. The Morgan fingerprint density at radius 1 is 0.351 bits per heavy atom. The molecule has 0 radical (unpaired) electrons. The van der Waals surface area contributed by atoms with Gasteiger partial charge in [-0.05, 0) is 32.1 Å². The first-order valence-electron chi connectivity index (χ1n) is 35.5. The van der Waals surface area contributed by atoms with Gasteiger partial charge in [0.05, 0.1) is 25.4 Å². The molecular weight excluding hydrogens is 947 g/mol. The largest absolute Gasteiger partial charge is 0.466 e. The average molecular weight is 1090 g/mol. The molecule has 0 heterocycles. The van der Waals surface area contributed by atoms with Crippen molar-refractivity contribution in [3.63, 3.8) is 0 Å². The minimum atomic E-state index is -0.839. The van der Waals surface area contributed by atoms with Gasteiger partial charge in [0.2, 0.25) is 5.91 Å². The van der Waals surface area contributed by atoms with Gasteiger partial charge < -0.3 is 20.3 Å². The van der Waals surface area contributed by atoms with Crippen molar-refractivity contribution in [3.8, 4) is 0 Å². The van der Waals surface area contributed by atoms with E-state index in [-0.39, 0.29) is 18.5 Å². The summed E-state index contributed by atoms with van der Waals surface area (Å²) in [5.74, 6) is -0.0371. The van der Waals surface area contributed by atoms with Gasteiger partial charge >= 0.3 is 5.97 Å². The summed E-state index contributed by atoms with van der Waals surface area (Å²) >= 11 is 0. The number of carbonyl (C=O) groups excluding carboxylic acids is 2. The van der Waals surface area contributed by atoms with Crippen molar-refractivity contribution in [2.75, 3.05) is 13.2 Å². The van der Waals surface area contributed by atoms with Crippen LogP contribution in [-0.4, -0.2) is 47.4 Å². The van der Waals surface area contributed by atoms with Gasteiger partial charge in [0.15, 0.2) is 0 Å². The fourth-order valence-electron chi connectivity index (χ4n) is 11.4. The standard InChI is InChI=1S/C71H139NO5/c1-3-5-7-9-11-13-15-17-18-34-38-41-45-49-53-57-61-65-71(76)77-66-62-58-54-50-46-42-39-36-33-31-29-27-25-23-21-19-20-22-24-26-28-30-32-35-37-40-44-48-52-56-60-64-70(75)72-68(67-73)69(74)63-59-55-51-47-43-16-14-12-10-8-6-4-2/h59,63,68-69,73-74H,3-58,60-62,64-67H2,1-2H3,(H,72,75)/b63-59+. The molecule has 6 heteroatoms. The maximum absolute atomic E-state index is 12.5. The van der Waals surface area contributed by atoms with Crippen molar-refractivity contribution in [1.29, 1.82) is 0 Å². The summed E-state index contributed by atoms with van der Waals surface area (Å²) in [7, 11) is 0. The highest BCUT2D eigenvalue weighted by molar-refractivity contribution is 5.76. The van der Waals surface area contributed by atoms with Gasteiger partial charge in [-0.1, -0.05) is 373 Å². The predicted molar refractivity (Wildman–Crippen MR) is 338 cm³/mol. The van der Waals surface area contributed by atoms with Crippen LogP contribution < -0.4 is 5.32 Å². The van der Waals surface area contributed by atoms with E-state index >= 15 is 0 Å². The molecule has 0 fully saturated rings. The van der Waals surface area contributed by atoms with Crippen LogP contribution in [0.2, 0.25) is 0 Å². The highest BCUT2D eigenvalue weighted by atomic mass is 16.5. The van der Waals surface area contributed by atoms with E-state index in [1.165, 1.54) is 340 Å². The zero-order valence-electron chi connectivity index (χ0n) is 52.5. The van der Waals surface area contributed by atoms with Crippen molar-refractivity contribution in [2.24, 2.45) is 0 Å². The van der Waals surface area contributed by atoms with Gasteiger partial charge in [0, 0.05) is 12.8 Å². The highest BCUT2D eigenvalue weighted by Gasteiger charge is 2.18. The van der Waals surface area contributed by atoms with Gasteiger partial charge in [-0.25, -0.2) is 0 Å². The van der Waals surface area contributed by atoms with Crippen molar-refractivity contribution in [2.45, 2.75) is 418 Å². The molecule has 3 N–H and O–H groups in total. The smallest absolute Gasteiger partial charge is 0.305 e. The van der Waals surface area contributed by atoms with Crippen molar-refractivity contribution in [3.05, 3.63) is 12.2 Å². The van der Waals surface area contributed by atoms with Crippen molar-refractivity contribution >= 4 is 11.9 Å². The molecule has 2 unspecified atom stereocenters. The molecule has 0 aromatic heterocycles. The van der Waals surface area contributed by atoms with Gasteiger partial charge in [0.25, 0.3) is 0 Å². The minimum Gasteiger partial charge on any atom is -0.466 e. The predicted octanol–water partition coefficient (Wildman–Crippen LogP) is 22.8. The maximum atomic E-state index is 12.5. The summed E-state index contributed by atoms with van der Waals surface area (Å²) < 4.78 is 5.51. The molecule has 0 aromatic carbocycles. The first-order valence-corrected chi connectivity index (χ1v) is 35.5. The third-order valence-corrected chi connectivity index (χ3v) is 16.8. The molecule has 2 atom stereocenters. The van der Waals surface area contributed by atoms with Crippen molar-refractivity contribution in [1.82, 2.24) is 5.32 Å². The lowest BCUT2D eigenvalue weighted by Gasteiger charge is -2.20. The number of allylic oxidation sites excluding steroid dienone is 1. The number of unbranched alkanes of at least 4 members (excludes halogenated alkanes) is 56. The zero-order valence-corrected chi connectivity index (χ0v) is 52.5. The van der Waals surface area contributed by atoms with E-state index in [4.69, 9.17) is 4.74 Å². The molecule has 6 nitrogen and oxygen atoms in total. The second-order valence-corrected chi connectivity index (χ2v) is 24.6. The molecular formula is C71H139NO5. The van der Waals surface area contributed by atoms with E-state index in [0.29, 0.717) is 19.4 Å². The number of hydrogen-bond acceptors (Lipinski definition) is 5. The summed E-state index contributed by atoms with van der Waals surface area (Å²) in [5.41, 5.74) is 0. The molecule has 458 valence electrons. The number of aliphatic hydroxyl groups is 2. The monoisotopic (exact) mass is 1090 g/mol. The van der Waals surface area contributed by atoms with E-state index < -0.39 is 12.1 Å². The second kappa shape index (κ2) is 67.1. The van der Waals surface area contributed by atoms with Crippen LogP contribution in [0.3, 0.4) is 0 Å². The number of amides is 1. The Labute approximate surface area is 482 Å². The Morgan fingerprint density at radius 3 is 0.883 bits per heavy atom. The molecule has 0 aromatic rings. The summed E-state index contributed by atoms with van der Waals surface area (Å²) in [4.78, 5) is 24.6. The van der Waals surface area contributed by atoms with Crippen LogP contribution in [0.1, 0.15) is 406 Å². The Balaban J connectivity index is 3.30. The third kappa shape index (κ3) is 63.6. The molecule has 0 spiro atoms. The highest BCUT2D eigenvalue weighted by Crippen LogP contribution is 2.19. The van der Waals surface area contributed by atoms with Crippen LogP contribution >= 0.6 is 0 Å². The first kappa shape index (κ1) is 75.6. The number of nitrogens with one attached hydrogen (secondary N) is 1. The van der Waals surface area contributed by atoms with Crippen molar-refractivity contribution < 1.29 is 24.5 Å². The Hall–Kier alpha value is -1.40. The Kier molecular flexibility index (Phi) is 65.9. The van der Waals surface area contributed by atoms with Crippen LogP contribution in [0.4, 0.5) is 0 Å². The zero-order chi connectivity index (χ0) is 55.7. The van der Waals surface area contributed by atoms with Gasteiger partial charge in [-0.15, -0.1) is 0 Å². The fraction of sp³-hybridized carbons (Fsp3) is 0.944. The van der Waals surface area contributed by atoms with E-state index in [2.05, 4.69) is 19.2 Å². The molecule has 0 rings (SSSR count).